The van der Waals surface area contributed by atoms with Crippen LogP contribution in [0.1, 0.15) is 33.3 Å². The van der Waals surface area contributed by atoms with E-state index in [1.165, 1.54) is 5.56 Å². The minimum absolute atomic E-state index is 0.160. The maximum atomic E-state index is 5.87. The predicted molar refractivity (Wildman–Crippen MR) is 81.0 cm³/mol. The Morgan fingerprint density at radius 3 is 2.61 bits per heavy atom. The molecule has 0 saturated heterocycles. The largest absolute Gasteiger partial charge is 0.374 e. The Bertz CT molecular complexity index is 365. The third kappa shape index (κ3) is 4.71. The van der Waals surface area contributed by atoms with Crippen LogP contribution in [0.2, 0.25) is 0 Å². The summed E-state index contributed by atoms with van der Waals surface area (Å²) in [6.45, 7) is 10.2. The maximum absolute atomic E-state index is 5.87. The van der Waals surface area contributed by atoms with Crippen LogP contribution in [0.15, 0.2) is 28.7 Å². The predicted octanol–water partition coefficient (Wildman–Crippen LogP) is 3.78. The van der Waals surface area contributed by atoms with Crippen molar-refractivity contribution >= 4 is 15.9 Å². The first kappa shape index (κ1) is 15.7. The Hall–Kier alpha value is -0.380. The summed E-state index contributed by atoms with van der Waals surface area (Å²) < 4.78 is 7.00. The average Bonchev–Trinajstić information content (AvgIpc) is 2.28. The van der Waals surface area contributed by atoms with Crippen molar-refractivity contribution in [2.75, 3.05) is 13.2 Å². The summed E-state index contributed by atoms with van der Waals surface area (Å²) in [6.07, 6.45) is 0.973. The molecule has 0 aromatic heterocycles. The van der Waals surface area contributed by atoms with E-state index in [1.807, 2.05) is 6.92 Å². The number of hydrogen-bond donors (Lipinski definition) is 1. The third-order valence-corrected chi connectivity index (χ3v) is 3.63. The molecule has 1 rings (SSSR count). The number of ether oxygens (including phenoxy) is 1. The molecule has 0 bridgehead atoms. The first-order valence-corrected chi connectivity index (χ1v) is 7.40. The molecule has 0 radical (unpaired) electrons. The van der Waals surface area contributed by atoms with E-state index >= 15 is 0 Å². The number of rotatable bonds is 7. The van der Waals surface area contributed by atoms with E-state index in [-0.39, 0.29) is 5.60 Å². The van der Waals surface area contributed by atoms with E-state index in [0.717, 1.165) is 24.0 Å². The fourth-order valence-electron chi connectivity index (χ4n) is 2.18. The van der Waals surface area contributed by atoms with Crippen molar-refractivity contribution in [3.63, 3.8) is 0 Å². The molecule has 2 nitrogen and oxygen atoms in total. The molecule has 0 spiro atoms. The molecule has 1 aromatic rings. The van der Waals surface area contributed by atoms with Gasteiger partial charge in [0.05, 0.1) is 5.60 Å². The summed E-state index contributed by atoms with van der Waals surface area (Å²) >= 11 is 3.52. The molecule has 1 atom stereocenters. The van der Waals surface area contributed by atoms with Crippen molar-refractivity contribution in [3.8, 4) is 0 Å². The van der Waals surface area contributed by atoms with Crippen molar-refractivity contribution in [1.82, 2.24) is 5.32 Å². The number of hydrogen-bond acceptors (Lipinski definition) is 2. The van der Waals surface area contributed by atoms with Gasteiger partial charge in [-0.1, -0.05) is 35.0 Å². The second kappa shape index (κ2) is 7.27. The Morgan fingerprint density at radius 2 is 2.06 bits per heavy atom. The molecule has 0 heterocycles. The van der Waals surface area contributed by atoms with Gasteiger partial charge in [0, 0.05) is 17.1 Å². The smallest absolute Gasteiger partial charge is 0.0781 e. The van der Waals surface area contributed by atoms with Crippen LogP contribution in [0, 0.1) is 0 Å². The molecule has 3 heteroatoms. The minimum atomic E-state index is -0.160. The van der Waals surface area contributed by atoms with Crippen LogP contribution >= 0.6 is 15.9 Å². The molecular weight excluding hydrogens is 290 g/mol. The van der Waals surface area contributed by atoms with Gasteiger partial charge in [-0.15, -0.1) is 0 Å². The number of halogens is 1. The van der Waals surface area contributed by atoms with Crippen LogP contribution in [0.3, 0.4) is 0 Å². The summed E-state index contributed by atoms with van der Waals surface area (Å²) in [5.41, 5.74) is 1.16. The molecule has 0 aliphatic heterocycles. The van der Waals surface area contributed by atoms with E-state index in [4.69, 9.17) is 4.74 Å². The lowest BCUT2D eigenvalue weighted by molar-refractivity contribution is -0.0376. The van der Waals surface area contributed by atoms with Gasteiger partial charge in [0.1, 0.15) is 0 Å². The molecule has 0 aliphatic carbocycles. The van der Waals surface area contributed by atoms with Crippen LogP contribution in [-0.2, 0) is 11.2 Å². The van der Waals surface area contributed by atoms with Gasteiger partial charge in [0.15, 0.2) is 0 Å². The normalized spacial score (nSPS) is 13.6. The Morgan fingerprint density at radius 1 is 1.33 bits per heavy atom. The van der Waals surface area contributed by atoms with Crippen LogP contribution in [0.4, 0.5) is 0 Å². The van der Waals surface area contributed by atoms with Crippen LogP contribution in [-0.4, -0.2) is 24.8 Å². The van der Waals surface area contributed by atoms with Crippen molar-refractivity contribution in [2.24, 2.45) is 0 Å². The van der Waals surface area contributed by atoms with Crippen molar-refractivity contribution in [1.29, 1.82) is 0 Å². The van der Waals surface area contributed by atoms with Crippen LogP contribution < -0.4 is 5.32 Å². The Labute approximate surface area is 119 Å². The van der Waals surface area contributed by atoms with Gasteiger partial charge >= 0.3 is 0 Å². The highest BCUT2D eigenvalue weighted by Crippen LogP contribution is 2.20. The highest BCUT2D eigenvalue weighted by molar-refractivity contribution is 9.10. The lowest BCUT2D eigenvalue weighted by Crippen LogP contribution is -2.50. The summed E-state index contributed by atoms with van der Waals surface area (Å²) in [7, 11) is 0. The number of likely N-dealkylation sites (N-methyl/N-ethyl adjacent to an activating group) is 1. The van der Waals surface area contributed by atoms with Crippen molar-refractivity contribution < 1.29 is 4.74 Å². The van der Waals surface area contributed by atoms with Crippen molar-refractivity contribution in [2.45, 2.75) is 45.8 Å². The molecule has 1 unspecified atom stereocenters. The zero-order valence-electron chi connectivity index (χ0n) is 11.8. The van der Waals surface area contributed by atoms with Gasteiger partial charge in [0.25, 0.3) is 0 Å². The first-order valence-electron chi connectivity index (χ1n) is 6.61. The quantitative estimate of drug-likeness (QED) is 0.827. The van der Waals surface area contributed by atoms with E-state index in [1.54, 1.807) is 0 Å². The lowest BCUT2D eigenvalue weighted by atomic mass is 9.92. The van der Waals surface area contributed by atoms with Gasteiger partial charge < -0.3 is 10.1 Å². The van der Waals surface area contributed by atoms with E-state index in [0.29, 0.717) is 6.04 Å². The lowest BCUT2D eigenvalue weighted by Gasteiger charge is -2.35. The van der Waals surface area contributed by atoms with Crippen LogP contribution in [0.5, 0.6) is 0 Å². The topological polar surface area (TPSA) is 21.3 Å². The van der Waals surface area contributed by atoms with Crippen molar-refractivity contribution in [3.05, 3.63) is 34.3 Å². The molecule has 1 aromatic carbocycles. The van der Waals surface area contributed by atoms with Gasteiger partial charge in [-0.25, -0.2) is 0 Å². The first-order chi connectivity index (χ1) is 8.49. The molecule has 0 saturated carbocycles. The highest BCUT2D eigenvalue weighted by atomic mass is 79.9. The Kier molecular flexibility index (Phi) is 6.33. The van der Waals surface area contributed by atoms with Gasteiger partial charge in [0.2, 0.25) is 0 Å². The molecule has 1 N–H and O–H groups in total. The minimum Gasteiger partial charge on any atom is -0.374 e. The summed E-state index contributed by atoms with van der Waals surface area (Å²) in [5.74, 6) is 0. The SMILES string of the molecule is CCNC(Cc1cccc(Br)c1)C(C)(C)OCC. The highest BCUT2D eigenvalue weighted by Gasteiger charge is 2.29. The zero-order valence-corrected chi connectivity index (χ0v) is 13.4. The molecule has 18 heavy (non-hydrogen) atoms. The number of benzene rings is 1. The second-order valence-corrected chi connectivity index (χ2v) is 5.90. The summed E-state index contributed by atoms with van der Waals surface area (Å²) in [4.78, 5) is 0. The molecule has 102 valence electrons. The number of nitrogens with one attached hydrogen (secondary N) is 1. The van der Waals surface area contributed by atoms with E-state index in [9.17, 15) is 0 Å². The molecular formula is C15H24BrNO. The monoisotopic (exact) mass is 313 g/mol. The maximum Gasteiger partial charge on any atom is 0.0781 e. The van der Waals surface area contributed by atoms with E-state index in [2.05, 4.69) is 66.3 Å². The average molecular weight is 314 g/mol. The van der Waals surface area contributed by atoms with Gasteiger partial charge in [-0.2, -0.15) is 0 Å². The van der Waals surface area contributed by atoms with Gasteiger partial charge in [-0.05, 0) is 51.4 Å². The fraction of sp³-hybridized carbons (Fsp3) is 0.600. The van der Waals surface area contributed by atoms with E-state index < -0.39 is 0 Å². The molecule has 0 amide bonds. The molecule has 0 fully saturated rings. The standard InChI is InChI=1S/C15H24BrNO/c1-5-17-14(15(3,4)18-6-2)11-12-8-7-9-13(16)10-12/h7-10,14,17H,5-6,11H2,1-4H3. The van der Waals surface area contributed by atoms with Crippen LogP contribution in [0.25, 0.3) is 0 Å². The summed E-state index contributed by atoms with van der Waals surface area (Å²) in [5, 5.41) is 3.54. The third-order valence-electron chi connectivity index (χ3n) is 3.13. The molecule has 0 aliphatic rings. The Balaban J connectivity index is 2.79. The van der Waals surface area contributed by atoms with Gasteiger partial charge in [-0.3, -0.25) is 0 Å². The fourth-order valence-corrected chi connectivity index (χ4v) is 2.63. The summed E-state index contributed by atoms with van der Waals surface area (Å²) in [6, 6.07) is 8.79. The second-order valence-electron chi connectivity index (χ2n) is 4.98. The zero-order chi connectivity index (χ0) is 13.6.